The fourth-order valence-electron chi connectivity index (χ4n) is 7.92. The molecular weight excluding hydrogens is 590 g/mol. The third-order valence-electron chi connectivity index (χ3n) is 10.2. The number of ether oxygens (including phenoxy) is 1. The molecule has 3 unspecified atom stereocenters. The topological polar surface area (TPSA) is 90.4 Å². The van der Waals surface area contributed by atoms with Gasteiger partial charge in [0.1, 0.15) is 11.6 Å². The molecule has 0 saturated carbocycles. The third-order valence-corrected chi connectivity index (χ3v) is 10.4. The summed E-state index contributed by atoms with van der Waals surface area (Å²) in [5, 5.41) is 11.1. The standard InChI is InChI=1S/C36H44ClN3O5/c1-7-18-38(21-25-12-10-9-11-13-25)32(42)29-30-33(43)40(28(22-41)23(3)4)31(36(30)20-24(5)35(29,6)45-36)34(44)39(19-8-2)27-16-14-26(37)15-17-27/h7-17,23-24,28-31,41H,1-2,18-22H2,3-6H3/t24?,28-,29+,30-,31?,35-,36?/m0/s1. The average Bonchev–Trinajstić information content (AvgIpc) is 3.53. The molecule has 3 aliphatic heterocycles. The van der Waals surface area contributed by atoms with Crippen molar-refractivity contribution < 1.29 is 24.2 Å². The molecular formula is C36H44ClN3O5. The van der Waals surface area contributed by atoms with Gasteiger partial charge in [-0.25, -0.2) is 0 Å². The fraction of sp³-hybridized carbons (Fsp3) is 0.472. The highest BCUT2D eigenvalue weighted by Gasteiger charge is 2.80. The van der Waals surface area contributed by atoms with Crippen LogP contribution >= 0.6 is 11.6 Å². The summed E-state index contributed by atoms with van der Waals surface area (Å²) in [6.07, 6.45) is 3.75. The summed E-state index contributed by atoms with van der Waals surface area (Å²) in [5.41, 5.74) is -0.682. The molecule has 3 heterocycles. The number of carbonyl (C=O) groups is 3. The number of hydrogen-bond donors (Lipinski definition) is 1. The number of rotatable bonds is 12. The van der Waals surface area contributed by atoms with Crippen LogP contribution in [0.2, 0.25) is 5.02 Å². The first-order valence-corrected chi connectivity index (χ1v) is 16.1. The van der Waals surface area contributed by atoms with E-state index in [4.69, 9.17) is 16.3 Å². The lowest BCUT2D eigenvalue weighted by Crippen LogP contribution is -2.60. The Morgan fingerprint density at radius 1 is 1.09 bits per heavy atom. The van der Waals surface area contributed by atoms with E-state index in [9.17, 15) is 19.5 Å². The molecule has 1 spiro atoms. The van der Waals surface area contributed by atoms with Crippen molar-refractivity contribution >= 4 is 35.0 Å². The number of aliphatic hydroxyl groups excluding tert-OH is 1. The van der Waals surface area contributed by atoms with E-state index in [-0.39, 0.29) is 42.7 Å². The molecule has 9 heteroatoms. The summed E-state index contributed by atoms with van der Waals surface area (Å²) in [5.74, 6) is -2.89. The van der Waals surface area contributed by atoms with Gasteiger partial charge in [-0.1, -0.05) is 74.9 Å². The molecule has 1 N–H and O–H groups in total. The second kappa shape index (κ2) is 12.7. The highest BCUT2D eigenvalue weighted by Crippen LogP contribution is 2.66. The third kappa shape index (κ3) is 5.41. The second-order valence-electron chi connectivity index (χ2n) is 13.2. The van der Waals surface area contributed by atoms with E-state index in [1.165, 1.54) is 4.90 Å². The van der Waals surface area contributed by atoms with Gasteiger partial charge in [-0.15, -0.1) is 13.2 Å². The second-order valence-corrected chi connectivity index (χ2v) is 13.6. The zero-order chi connectivity index (χ0) is 32.7. The monoisotopic (exact) mass is 633 g/mol. The molecule has 2 aromatic carbocycles. The summed E-state index contributed by atoms with van der Waals surface area (Å²) in [6, 6.07) is 14.9. The average molecular weight is 634 g/mol. The highest BCUT2D eigenvalue weighted by atomic mass is 35.5. The number of aliphatic hydroxyl groups is 1. The molecule has 7 atom stereocenters. The predicted molar refractivity (Wildman–Crippen MR) is 175 cm³/mol. The minimum atomic E-state index is -1.26. The van der Waals surface area contributed by atoms with Crippen LogP contribution in [0, 0.1) is 23.7 Å². The smallest absolute Gasteiger partial charge is 0.253 e. The molecule has 3 saturated heterocycles. The lowest BCUT2D eigenvalue weighted by atomic mass is 9.62. The molecule has 240 valence electrons. The summed E-state index contributed by atoms with van der Waals surface area (Å²) in [7, 11) is 0. The van der Waals surface area contributed by atoms with Crippen LogP contribution < -0.4 is 4.90 Å². The van der Waals surface area contributed by atoms with Gasteiger partial charge in [0.25, 0.3) is 5.91 Å². The Morgan fingerprint density at radius 3 is 2.31 bits per heavy atom. The zero-order valence-corrected chi connectivity index (χ0v) is 27.3. The van der Waals surface area contributed by atoms with Crippen molar-refractivity contribution in [2.24, 2.45) is 23.7 Å². The van der Waals surface area contributed by atoms with E-state index >= 15 is 0 Å². The van der Waals surface area contributed by atoms with Crippen molar-refractivity contribution in [3.63, 3.8) is 0 Å². The number of amides is 3. The van der Waals surface area contributed by atoms with Crippen LogP contribution in [-0.2, 0) is 25.7 Å². The number of likely N-dealkylation sites (tertiary alicyclic amines) is 1. The number of carbonyl (C=O) groups excluding carboxylic acids is 3. The van der Waals surface area contributed by atoms with E-state index in [0.717, 1.165) is 5.56 Å². The van der Waals surface area contributed by atoms with E-state index in [0.29, 0.717) is 30.2 Å². The van der Waals surface area contributed by atoms with Gasteiger partial charge in [0.2, 0.25) is 11.8 Å². The quantitative estimate of drug-likeness (QED) is 0.329. The Labute approximate surface area is 271 Å². The minimum Gasteiger partial charge on any atom is -0.394 e. The van der Waals surface area contributed by atoms with E-state index in [1.807, 2.05) is 58.0 Å². The maximum Gasteiger partial charge on any atom is 0.253 e. The molecule has 3 amide bonds. The molecule has 2 bridgehead atoms. The van der Waals surface area contributed by atoms with Gasteiger partial charge in [-0.3, -0.25) is 14.4 Å². The molecule has 0 aliphatic carbocycles. The Bertz CT molecular complexity index is 1450. The van der Waals surface area contributed by atoms with Crippen LogP contribution in [0.4, 0.5) is 5.69 Å². The first-order chi connectivity index (χ1) is 21.4. The van der Waals surface area contributed by atoms with E-state index < -0.39 is 35.1 Å². The maximum absolute atomic E-state index is 14.9. The number of nitrogens with zero attached hydrogens (tertiary/aromatic N) is 3. The first kappa shape index (κ1) is 32.9. The lowest BCUT2D eigenvalue weighted by Gasteiger charge is -2.40. The van der Waals surface area contributed by atoms with Crippen molar-refractivity contribution in [2.45, 2.75) is 63.9 Å². The van der Waals surface area contributed by atoms with E-state index in [1.54, 1.807) is 46.2 Å². The maximum atomic E-state index is 14.9. The summed E-state index contributed by atoms with van der Waals surface area (Å²) >= 11 is 6.17. The van der Waals surface area contributed by atoms with Gasteiger partial charge in [-0.05, 0) is 55.0 Å². The number of fused-ring (bicyclic) bond motifs is 1. The normalized spacial score (nSPS) is 29.0. The molecule has 3 fully saturated rings. The zero-order valence-electron chi connectivity index (χ0n) is 26.6. The predicted octanol–water partition coefficient (Wildman–Crippen LogP) is 5.10. The van der Waals surface area contributed by atoms with Crippen LogP contribution in [0.25, 0.3) is 0 Å². The molecule has 8 nitrogen and oxygen atoms in total. The van der Waals surface area contributed by atoms with Crippen molar-refractivity contribution in [2.75, 3.05) is 24.6 Å². The molecule has 0 aromatic heterocycles. The van der Waals surface area contributed by atoms with Crippen molar-refractivity contribution in [1.82, 2.24) is 9.80 Å². The first-order valence-electron chi connectivity index (χ1n) is 15.7. The summed E-state index contributed by atoms with van der Waals surface area (Å²) in [6.45, 7) is 16.0. The minimum absolute atomic E-state index is 0.122. The number of anilines is 1. The summed E-state index contributed by atoms with van der Waals surface area (Å²) in [4.78, 5) is 49.2. The van der Waals surface area contributed by atoms with Crippen LogP contribution in [0.15, 0.2) is 79.9 Å². The number of halogens is 1. The van der Waals surface area contributed by atoms with Crippen LogP contribution in [0.3, 0.4) is 0 Å². The Hall–Kier alpha value is -3.46. The Morgan fingerprint density at radius 2 is 1.73 bits per heavy atom. The van der Waals surface area contributed by atoms with Gasteiger partial charge in [0.05, 0.1) is 30.1 Å². The van der Waals surface area contributed by atoms with Crippen molar-refractivity contribution in [3.05, 3.63) is 90.5 Å². The molecule has 0 radical (unpaired) electrons. The van der Waals surface area contributed by atoms with Crippen LogP contribution in [0.5, 0.6) is 0 Å². The molecule has 45 heavy (non-hydrogen) atoms. The lowest BCUT2D eigenvalue weighted by molar-refractivity contribution is -0.154. The van der Waals surface area contributed by atoms with Gasteiger partial charge in [-0.2, -0.15) is 0 Å². The van der Waals surface area contributed by atoms with Crippen LogP contribution in [-0.4, -0.2) is 75.6 Å². The van der Waals surface area contributed by atoms with Crippen molar-refractivity contribution in [3.8, 4) is 0 Å². The van der Waals surface area contributed by atoms with Gasteiger partial charge < -0.3 is 24.5 Å². The van der Waals surface area contributed by atoms with Gasteiger partial charge >= 0.3 is 0 Å². The van der Waals surface area contributed by atoms with Crippen molar-refractivity contribution in [1.29, 1.82) is 0 Å². The number of benzene rings is 2. The SMILES string of the molecule is C=CCN(Cc1ccccc1)C(=O)[C@H]1[C@H]2C(=O)N([C@@H](CO)C(C)C)C(C(=O)N(CC=C)c3ccc(Cl)cc3)C23CC(C)[C@]1(C)O3. The van der Waals surface area contributed by atoms with E-state index in [2.05, 4.69) is 13.2 Å². The van der Waals surface area contributed by atoms with Gasteiger partial charge in [0, 0.05) is 30.3 Å². The largest absolute Gasteiger partial charge is 0.394 e. The Kier molecular flexibility index (Phi) is 9.32. The highest BCUT2D eigenvalue weighted by molar-refractivity contribution is 6.30. The Balaban J connectivity index is 1.63. The molecule has 3 aliphatic rings. The fourth-order valence-corrected chi connectivity index (χ4v) is 8.04. The summed E-state index contributed by atoms with van der Waals surface area (Å²) < 4.78 is 6.98. The molecule has 5 rings (SSSR count). The van der Waals surface area contributed by atoms with Gasteiger partial charge in [0.15, 0.2) is 0 Å². The van der Waals surface area contributed by atoms with Crippen LogP contribution in [0.1, 0.15) is 39.7 Å². The number of hydrogen-bond acceptors (Lipinski definition) is 5. The molecule has 2 aromatic rings.